The van der Waals surface area contributed by atoms with Crippen molar-refractivity contribution in [2.75, 3.05) is 56.5 Å². The van der Waals surface area contributed by atoms with Crippen LogP contribution in [0.15, 0.2) is 48.5 Å². The summed E-state index contributed by atoms with van der Waals surface area (Å²) in [6.45, 7) is 4.96. The van der Waals surface area contributed by atoms with Crippen LogP contribution >= 0.6 is 0 Å². The quantitative estimate of drug-likeness (QED) is 0.812. The Bertz CT molecular complexity index is 831. The molecule has 0 aromatic heterocycles. The van der Waals surface area contributed by atoms with Crippen LogP contribution in [0.4, 0.5) is 15.8 Å². The number of amides is 2. The fraction of sp³-hybridized carbons (Fsp3) is 0.364. The van der Waals surface area contributed by atoms with Crippen molar-refractivity contribution in [1.29, 1.82) is 0 Å². The maximum absolute atomic E-state index is 13.1. The van der Waals surface area contributed by atoms with Crippen LogP contribution in [-0.4, -0.2) is 67.9 Å². The van der Waals surface area contributed by atoms with Crippen molar-refractivity contribution in [2.24, 2.45) is 0 Å². The molecule has 29 heavy (non-hydrogen) atoms. The molecule has 0 atom stereocenters. The van der Waals surface area contributed by atoms with Crippen LogP contribution in [0.1, 0.15) is 5.56 Å². The number of hydrogen-bond donors (Lipinski definition) is 1. The lowest BCUT2D eigenvalue weighted by molar-refractivity contribution is -0.132. The SMILES string of the molecule is Cc1ccc(NC(=O)CN(C)CC(=O)N2CCN(c3ccc(F)cc3)CC2)cc1. The van der Waals surface area contributed by atoms with Gasteiger partial charge in [-0.05, 0) is 50.4 Å². The Balaban J connectivity index is 1.42. The Morgan fingerprint density at radius 3 is 2.21 bits per heavy atom. The molecular formula is C22H27FN4O2. The van der Waals surface area contributed by atoms with Gasteiger partial charge in [0, 0.05) is 37.6 Å². The molecule has 0 spiro atoms. The van der Waals surface area contributed by atoms with Gasteiger partial charge in [0.25, 0.3) is 0 Å². The number of hydrogen-bond acceptors (Lipinski definition) is 4. The molecule has 0 radical (unpaired) electrons. The van der Waals surface area contributed by atoms with E-state index in [1.54, 1.807) is 24.1 Å². The molecule has 7 heteroatoms. The van der Waals surface area contributed by atoms with E-state index < -0.39 is 0 Å². The summed E-state index contributed by atoms with van der Waals surface area (Å²) in [5.74, 6) is -0.392. The molecule has 1 aliphatic rings. The summed E-state index contributed by atoms with van der Waals surface area (Å²) >= 11 is 0. The number of nitrogens with zero attached hydrogens (tertiary/aromatic N) is 3. The van der Waals surface area contributed by atoms with E-state index in [0.717, 1.165) is 16.9 Å². The summed E-state index contributed by atoms with van der Waals surface area (Å²) in [7, 11) is 1.77. The summed E-state index contributed by atoms with van der Waals surface area (Å²) < 4.78 is 13.1. The Morgan fingerprint density at radius 2 is 1.59 bits per heavy atom. The molecule has 6 nitrogen and oxygen atoms in total. The van der Waals surface area contributed by atoms with E-state index in [1.807, 2.05) is 36.1 Å². The molecule has 0 aliphatic carbocycles. The van der Waals surface area contributed by atoms with E-state index in [4.69, 9.17) is 0 Å². The van der Waals surface area contributed by atoms with Crippen LogP contribution < -0.4 is 10.2 Å². The molecule has 0 unspecified atom stereocenters. The van der Waals surface area contributed by atoms with Crippen molar-refractivity contribution in [3.8, 4) is 0 Å². The lowest BCUT2D eigenvalue weighted by Gasteiger charge is -2.36. The predicted molar refractivity (Wildman–Crippen MR) is 112 cm³/mol. The number of likely N-dealkylation sites (N-methyl/N-ethyl adjacent to an activating group) is 1. The van der Waals surface area contributed by atoms with Gasteiger partial charge >= 0.3 is 0 Å². The number of halogens is 1. The number of piperazine rings is 1. The highest BCUT2D eigenvalue weighted by molar-refractivity contribution is 5.92. The van der Waals surface area contributed by atoms with Crippen molar-refractivity contribution in [2.45, 2.75) is 6.92 Å². The molecule has 1 N–H and O–H groups in total. The summed E-state index contributed by atoms with van der Waals surface area (Å²) in [6.07, 6.45) is 0. The second kappa shape index (κ2) is 9.52. The molecular weight excluding hydrogens is 371 g/mol. The topological polar surface area (TPSA) is 55.9 Å². The average molecular weight is 398 g/mol. The molecule has 2 aromatic rings. The highest BCUT2D eigenvalue weighted by Crippen LogP contribution is 2.17. The van der Waals surface area contributed by atoms with Gasteiger partial charge in [-0.3, -0.25) is 14.5 Å². The van der Waals surface area contributed by atoms with Crippen molar-refractivity contribution in [3.05, 3.63) is 59.9 Å². The number of carbonyl (C=O) groups is 2. The van der Waals surface area contributed by atoms with Crippen molar-refractivity contribution >= 4 is 23.2 Å². The van der Waals surface area contributed by atoms with Gasteiger partial charge in [-0.1, -0.05) is 17.7 Å². The first kappa shape index (κ1) is 20.8. The normalized spacial score (nSPS) is 14.2. The minimum Gasteiger partial charge on any atom is -0.368 e. The molecule has 1 heterocycles. The minimum absolute atomic E-state index is 0.00870. The van der Waals surface area contributed by atoms with E-state index >= 15 is 0 Å². The van der Waals surface area contributed by atoms with E-state index in [-0.39, 0.29) is 30.7 Å². The molecule has 0 saturated carbocycles. The standard InChI is InChI=1S/C22H27FN4O2/c1-17-3-7-19(8-4-17)24-21(28)15-25(2)16-22(29)27-13-11-26(12-14-27)20-9-5-18(23)6-10-20/h3-10H,11-16H2,1-2H3,(H,24,28). The van der Waals surface area contributed by atoms with Gasteiger partial charge in [-0.25, -0.2) is 4.39 Å². The average Bonchev–Trinajstić information content (AvgIpc) is 2.70. The van der Waals surface area contributed by atoms with Crippen LogP contribution in [0.3, 0.4) is 0 Å². The van der Waals surface area contributed by atoms with Gasteiger partial charge in [-0.15, -0.1) is 0 Å². The lowest BCUT2D eigenvalue weighted by atomic mass is 10.2. The molecule has 1 saturated heterocycles. The van der Waals surface area contributed by atoms with Crippen LogP contribution in [-0.2, 0) is 9.59 Å². The second-order valence-electron chi connectivity index (χ2n) is 7.43. The monoisotopic (exact) mass is 398 g/mol. The van der Waals surface area contributed by atoms with E-state index in [2.05, 4.69) is 10.2 Å². The predicted octanol–water partition coefficient (Wildman–Crippen LogP) is 2.35. The number of aryl methyl sites for hydroxylation is 1. The Hall–Kier alpha value is -2.93. The van der Waals surface area contributed by atoms with Crippen LogP contribution in [0, 0.1) is 12.7 Å². The fourth-order valence-electron chi connectivity index (χ4n) is 3.34. The van der Waals surface area contributed by atoms with Crippen molar-refractivity contribution < 1.29 is 14.0 Å². The minimum atomic E-state index is -0.253. The Morgan fingerprint density at radius 1 is 0.966 bits per heavy atom. The largest absolute Gasteiger partial charge is 0.368 e. The Kier molecular flexibility index (Phi) is 6.82. The molecule has 154 valence electrons. The van der Waals surface area contributed by atoms with Crippen molar-refractivity contribution in [1.82, 2.24) is 9.80 Å². The first-order valence-corrected chi connectivity index (χ1v) is 9.74. The summed E-state index contributed by atoms with van der Waals surface area (Å²) in [5.41, 5.74) is 2.84. The van der Waals surface area contributed by atoms with E-state index in [0.29, 0.717) is 26.2 Å². The Labute approximate surface area is 170 Å². The highest BCUT2D eigenvalue weighted by Gasteiger charge is 2.22. The van der Waals surface area contributed by atoms with Crippen LogP contribution in [0.2, 0.25) is 0 Å². The zero-order valence-electron chi connectivity index (χ0n) is 16.9. The number of rotatable bonds is 6. The number of benzene rings is 2. The third-order valence-electron chi connectivity index (χ3n) is 4.98. The van der Waals surface area contributed by atoms with Crippen LogP contribution in [0.25, 0.3) is 0 Å². The maximum atomic E-state index is 13.1. The molecule has 1 fully saturated rings. The van der Waals surface area contributed by atoms with Crippen LogP contribution in [0.5, 0.6) is 0 Å². The zero-order valence-corrected chi connectivity index (χ0v) is 16.9. The number of nitrogens with one attached hydrogen (secondary N) is 1. The van der Waals surface area contributed by atoms with E-state index in [9.17, 15) is 14.0 Å². The first-order chi connectivity index (χ1) is 13.9. The van der Waals surface area contributed by atoms with Gasteiger partial charge in [0.15, 0.2) is 0 Å². The lowest BCUT2D eigenvalue weighted by Crippen LogP contribution is -2.51. The highest BCUT2D eigenvalue weighted by atomic mass is 19.1. The zero-order chi connectivity index (χ0) is 20.8. The first-order valence-electron chi connectivity index (χ1n) is 9.74. The van der Waals surface area contributed by atoms with Gasteiger partial charge < -0.3 is 15.1 Å². The van der Waals surface area contributed by atoms with Crippen molar-refractivity contribution in [3.63, 3.8) is 0 Å². The number of carbonyl (C=O) groups excluding carboxylic acids is 2. The molecule has 1 aliphatic heterocycles. The summed E-state index contributed by atoms with van der Waals surface area (Å²) in [5, 5.41) is 2.84. The smallest absolute Gasteiger partial charge is 0.238 e. The van der Waals surface area contributed by atoms with Gasteiger partial charge in [0.05, 0.1) is 13.1 Å². The van der Waals surface area contributed by atoms with Gasteiger partial charge in [-0.2, -0.15) is 0 Å². The molecule has 0 bridgehead atoms. The molecule has 2 amide bonds. The maximum Gasteiger partial charge on any atom is 0.238 e. The molecule has 2 aromatic carbocycles. The molecule has 3 rings (SSSR count). The number of anilines is 2. The van der Waals surface area contributed by atoms with Gasteiger partial charge in [0.2, 0.25) is 11.8 Å². The second-order valence-corrected chi connectivity index (χ2v) is 7.43. The fourth-order valence-corrected chi connectivity index (χ4v) is 3.34. The third kappa shape index (κ3) is 6.02. The third-order valence-corrected chi connectivity index (χ3v) is 4.98. The summed E-state index contributed by atoms with van der Waals surface area (Å²) in [4.78, 5) is 30.4. The summed E-state index contributed by atoms with van der Waals surface area (Å²) in [6, 6.07) is 14.0. The van der Waals surface area contributed by atoms with E-state index in [1.165, 1.54) is 12.1 Å². The van der Waals surface area contributed by atoms with Gasteiger partial charge in [0.1, 0.15) is 5.82 Å².